The summed E-state index contributed by atoms with van der Waals surface area (Å²) in [6.45, 7) is 7.37. The van der Waals surface area contributed by atoms with Crippen LogP contribution in [-0.4, -0.2) is 17.7 Å². The highest BCUT2D eigenvalue weighted by Crippen LogP contribution is 2.23. The van der Waals surface area contributed by atoms with Crippen molar-refractivity contribution in [1.29, 1.82) is 0 Å². The van der Waals surface area contributed by atoms with Crippen LogP contribution in [0, 0.1) is 0 Å². The molecule has 0 radical (unpaired) electrons. The molecule has 0 spiro atoms. The number of carbonyl (C=O) groups is 1. The molecule has 1 aromatic carbocycles. The predicted molar refractivity (Wildman–Crippen MR) is 67.4 cm³/mol. The molecule has 1 aromatic rings. The van der Waals surface area contributed by atoms with Crippen molar-refractivity contribution in [3.05, 3.63) is 61.2 Å². The zero-order chi connectivity index (χ0) is 12.7. The van der Waals surface area contributed by atoms with E-state index in [4.69, 9.17) is 4.74 Å². The molecule has 0 bridgehead atoms. The van der Waals surface area contributed by atoms with Crippen molar-refractivity contribution in [1.82, 2.24) is 0 Å². The molecular weight excluding hydrogens is 216 g/mol. The fourth-order valence-corrected chi connectivity index (χ4v) is 1.19. The summed E-state index contributed by atoms with van der Waals surface area (Å²) in [6.07, 6.45) is 4.25. The van der Waals surface area contributed by atoms with Crippen molar-refractivity contribution in [3.8, 4) is 5.75 Å². The van der Waals surface area contributed by atoms with Crippen molar-refractivity contribution < 1.29 is 14.6 Å². The van der Waals surface area contributed by atoms with Crippen LogP contribution in [-0.2, 0) is 9.53 Å². The Morgan fingerprint density at radius 2 is 2.06 bits per heavy atom. The van der Waals surface area contributed by atoms with Gasteiger partial charge in [-0.3, -0.25) is 0 Å². The second-order valence-electron chi connectivity index (χ2n) is 3.29. The number of carbonyl (C=O) groups excluding carboxylic acids is 1. The number of hydrogen-bond acceptors (Lipinski definition) is 3. The molecule has 0 aromatic heterocycles. The summed E-state index contributed by atoms with van der Waals surface area (Å²) < 4.78 is 4.76. The average Bonchev–Trinajstić information content (AvgIpc) is 2.34. The van der Waals surface area contributed by atoms with Crippen LogP contribution in [0.2, 0.25) is 0 Å². The molecule has 0 heterocycles. The van der Waals surface area contributed by atoms with E-state index in [0.29, 0.717) is 11.1 Å². The molecule has 0 amide bonds. The van der Waals surface area contributed by atoms with E-state index in [1.54, 1.807) is 24.3 Å². The Bertz CT molecular complexity index is 458. The molecule has 0 unspecified atom stereocenters. The van der Waals surface area contributed by atoms with Crippen molar-refractivity contribution in [3.63, 3.8) is 0 Å². The quantitative estimate of drug-likeness (QED) is 0.366. The number of para-hydroxylation sites is 1. The number of allylic oxidation sites excluding steroid dienone is 2. The van der Waals surface area contributed by atoms with Gasteiger partial charge in [0.25, 0.3) is 0 Å². The molecule has 17 heavy (non-hydrogen) atoms. The fraction of sp³-hybridized carbons (Fsp3) is 0.0714. The Balaban J connectivity index is 2.67. The van der Waals surface area contributed by atoms with Gasteiger partial charge in [-0.2, -0.15) is 0 Å². The van der Waals surface area contributed by atoms with E-state index in [1.807, 2.05) is 0 Å². The number of rotatable bonds is 5. The predicted octanol–water partition coefficient (Wildman–Crippen LogP) is 2.69. The minimum absolute atomic E-state index is 0.126. The largest absolute Gasteiger partial charge is 0.507 e. The lowest BCUT2D eigenvalue weighted by Gasteiger charge is -2.03. The maximum atomic E-state index is 11.2. The zero-order valence-corrected chi connectivity index (χ0v) is 9.43. The second-order valence-corrected chi connectivity index (χ2v) is 3.29. The van der Waals surface area contributed by atoms with Crippen molar-refractivity contribution in [2.45, 2.75) is 0 Å². The van der Waals surface area contributed by atoms with Crippen molar-refractivity contribution in [2.75, 3.05) is 6.61 Å². The summed E-state index contributed by atoms with van der Waals surface area (Å²) in [5.74, 6) is -0.344. The van der Waals surface area contributed by atoms with Gasteiger partial charge >= 0.3 is 5.97 Å². The number of aromatic hydroxyl groups is 1. The normalized spacial score (nSPS) is 10.1. The Morgan fingerprint density at radius 1 is 1.35 bits per heavy atom. The van der Waals surface area contributed by atoms with Crippen LogP contribution in [0.1, 0.15) is 5.56 Å². The molecule has 0 aliphatic rings. The van der Waals surface area contributed by atoms with Gasteiger partial charge in [0.2, 0.25) is 0 Å². The van der Waals surface area contributed by atoms with Gasteiger partial charge in [-0.05, 0) is 17.7 Å². The summed E-state index contributed by atoms with van der Waals surface area (Å²) >= 11 is 0. The number of ether oxygens (including phenoxy) is 1. The molecule has 0 aliphatic heterocycles. The van der Waals surface area contributed by atoms with E-state index in [9.17, 15) is 9.90 Å². The minimum Gasteiger partial charge on any atom is -0.507 e. The van der Waals surface area contributed by atoms with Gasteiger partial charge < -0.3 is 9.84 Å². The fourth-order valence-electron chi connectivity index (χ4n) is 1.19. The number of phenols is 1. The Morgan fingerprint density at radius 3 is 2.71 bits per heavy atom. The van der Waals surface area contributed by atoms with Gasteiger partial charge in [-0.25, -0.2) is 4.79 Å². The number of phenolic OH excluding ortho intramolecular Hbond substituents is 1. The Labute approximate surface area is 100 Å². The third-order valence-corrected chi connectivity index (χ3v) is 2.01. The van der Waals surface area contributed by atoms with Crippen LogP contribution in [0.3, 0.4) is 0 Å². The first kappa shape index (κ1) is 12.8. The molecule has 0 aliphatic carbocycles. The van der Waals surface area contributed by atoms with Crippen molar-refractivity contribution >= 4 is 11.5 Å². The summed E-state index contributed by atoms with van der Waals surface area (Å²) in [6, 6.07) is 6.78. The lowest BCUT2D eigenvalue weighted by molar-refractivity contribution is -0.136. The van der Waals surface area contributed by atoms with Crippen LogP contribution in [0.15, 0.2) is 55.7 Å². The molecule has 3 heteroatoms. The van der Waals surface area contributed by atoms with Crippen LogP contribution in [0.25, 0.3) is 5.57 Å². The average molecular weight is 230 g/mol. The Hall–Kier alpha value is -2.29. The molecular formula is C14H14O3. The standard InChI is InChI=1S/C14H14O3/c1-3-10-17-14(16)9-8-11(2)12-6-4-5-7-13(12)15/h3-9,15H,1-2,10H2/b9-8+. The van der Waals surface area contributed by atoms with Crippen molar-refractivity contribution in [2.24, 2.45) is 0 Å². The third kappa shape index (κ3) is 3.99. The second kappa shape index (κ2) is 6.33. The van der Waals surface area contributed by atoms with Crippen LogP contribution < -0.4 is 0 Å². The van der Waals surface area contributed by atoms with Crippen LogP contribution >= 0.6 is 0 Å². The first-order chi connectivity index (χ1) is 8.15. The first-order valence-electron chi connectivity index (χ1n) is 5.08. The SMILES string of the molecule is C=CCOC(=O)/C=C/C(=C)c1ccccc1O. The van der Waals surface area contributed by atoms with Gasteiger partial charge in [-0.15, -0.1) is 0 Å². The van der Waals surface area contributed by atoms with Gasteiger partial charge in [-0.1, -0.05) is 37.4 Å². The number of benzene rings is 1. The first-order valence-corrected chi connectivity index (χ1v) is 5.08. The highest BCUT2D eigenvalue weighted by molar-refractivity contribution is 5.87. The molecule has 88 valence electrons. The smallest absolute Gasteiger partial charge is 0.331 e. The van der Waals surface area contributed by atoms with Gasteiger partial charge in [0, 0.05) is 11.6 Å². The lowest BCUT2D eigenvalue weighted by atomic mass is 10.1. The Kier molecular flexibility index (Phi) is 4.76. The van der Waals surface area contributed by atoms with Crippen LogP contribution in [0.5, 0.6) is 5.75 Å². The van der Waals surface area contributed by atoms with E-state index in [1.165, 1.54) is 18.2 Å². The minimum atomic E-state index is -0.471. The topological polar surface area (TPSA) is 46.5 Å². The molecule has 3 nitrogen and oxygen atoms in total. The maximum Gasteiger partial charge on any atom is 0.331 e. The highest BCUT2D eigenvalue weighted by Gasteiger charge is 2.02. The summed E-state index contributed by atoms with van der Waals surface area (Å²) in [7, 11) is 0. The number of esters is 1. The summed E-state index contributed by atoms with van der Waals surface area (Å²) in [5, 5.41) is 9.56. The molecule has 0 saturated carbocycles. The molecule has 0 fully saturated rings. The third-order valence-electron chi connectivity index (χ3n) is 2.01. The van der Waals surface area contributed by atoms with E-state index in [2.05, 4.69) is 13.2 Å². The van der Waals surface area contributed by atoms with Gasteiger partial charge in [0.1, 0.15) is 12.4 Å². The lowest BCUT2D eigenvalue weighted by Crippen LogP contribution is -1.99. The summed E-state index contributed by atoms with van der Waals surface area (Å²) in [5.41, 5.74) is 1.12. The van der Waals surface area contributed by atoms with Gasteiger partial charge in [0.05, 0.1) is 0 Å². The van der Waals surface area contributed by atoms with E-state index < -0.39 is 5.97 Å². The molecule has 1 rings (SSSR count). The van der Waals surface area contributed by atoms with E-state index in [-0.39, 0.29) is 12.4 Å². The molecule has 0 saturated heterocycles. The highest BCUT2D eigenvalue weighted by atomic mass is 16.5. The number of hydrogen-bond donors (Lipinski definition) is 1. The van der Waals surface area contributed by atoms with Crippen LogP contribution in [0.4, 0.5) is 0 Å². The zero-order valence-electron chi connectivity index (χ0n) is 9.43. The van der Waals surface area contributed by atoms with E-state index in [0.717, 1.165) is 0 Å². The van der Waals surface area contributed by atoms with Gasteiger partial charge in [0.15, 0.2) is 0 Å². The maximum absolute atomic E-state index is 11.2. The summed E-state index contributed by atoms with van der Waals surface area (Å²) in [4.78, 5) is 11.2. The van der Waals surface area contributed by atoms with E-state index >= 15 is 0 Å². The molecule has 0 atom stereocenters. The monoisotopic (exact) mass is 230 g/mol. The molecule has 1 N–H and O–H groups in total.